The largest absolute Gasteiger partial charge is 0.492 e. The highest BCUT2D eigenvalue weighted by atomic mass is 16.5. The summed E-state index contributed by atoms with van der Waals surface area (Å²) < 4.78 is 8.30. The summed E-state index contributed by atoms with van der Waals surface area (Å²) in [5.41, 5.74) is 4.35. The molecule has 0 unspecified atom stereocenters. The van der Waals surface area contributed by atoms with E-state index < -0.39 is 5.97 Å². The van der Waals surface area contributed by atoms with Gasteiger partial charge < -0.3 is 14.4 Å². The van der Waals surface area contributed by atoms with E-state index in [2.05, 4.69) is 64.1 Å². The van der Waals surface area contributed by atoms with Crippen LogP contribution >= 0.6 is 0 Å². The zero-order valence-electron chi connectivity index (χ0n) is 19.8. The van der Waals surface area contributed by atoms with Gasteiger partial charge in [0.2, 0.25) is 0 Å². The SMILES string of the molecule is O=C(O)Cc1ccc(OCCN2CCC(c3nc4ccccc4n3Cc3ccccc3)CC2)cc1. The van der Waals surface area contributed by atoms with Crippen molar-refractivity contribution in [2.45, 2.75) is 31.7 Å². The number of aromatic nitrogens is 2. The van der Waals surface area contributed by atoms with E-state index in [1.807, 2.05) is 24.3 Å². The number of carbonyl (C=O) groups is 1. The number of likely N-dealkylation sites (tertiary alicyclic amines) is 1. The van der Waals surface area contributed by atoms with E-state index in [0.29, 0.717) is 12.5 Å². The summed E-state index contributed by atoms with van der Waals surface area (Å²) in [7, 11) is 0. The molecule has 4 aromatic rings. The summed E-state index contributed by atoms with van der Waals surface area (Å²) in [6.07, 6.45) is 2.21. The van der Waals surface area contributed by atoms with Gasteiger partial charge in [0, 0.05) is 19.0 Å². The number of imidazole rings is 1. The third-order valence-electron chi connectivity index (χ3n) is 6.78. The molecular formula is C29H31N3O3. The van der Waals surface area contributed by atoms with E-state index in [4.69, 9.17) is 14.8 Å². The highest BCUT2D eigenvalue weighted by Crippen LogP contribution is 2.31. The van der Waals surface area contributed by atoms with Gasteiger partial charge in [0.15, 0.2) is 0 Å². The van der Waals surface area contributed by atoms with E-state index in [-0.39, 0.29) is 6.42 Å². The van der Waals surface area contributed by atoms with Gasteiger partial charge in [0.05, 0.1) is 17.5 Å². The topological polar surface area (TPSA) is 67.6 Å². The van der Waals surface area contributed by atoms with Crippen LogP contribution in [-0.2, 0) is 17.8 Å². The van der Waals surface area contributed by atoms with Crippen LogP contribution in [0.4, 0.5) is 0 Å². The van der Waals surface area contributed by atoms with Crippen molar-refractivity contribution < 1.29 is 14.6 Å². The Labute approximate surface area is 205 Å². The van der Waals surface area contributed by atoms with Crippen molar-refractivity contribution >= 4 is 17.0 Å². The quantitative estimate of drug-likeness (QED) is 0.375. The van der Waals surface area contributed by atoms with Crippen LogP contribution in [0, 0.1) is 0 Å². The lowest BCUT2D eigenvalue weighted by Crippen LogP contribution is -2.36. The molecule has 1 fully saturated rings. The van der Waals surface area contributed by atoms with Crippen LogP contribution in [0.15, 0.2) is 78.9 Å². The Morgan fingerprint density at radius 3 is 2.37 bits per heavy atom. The molecule has 3 aromatic carbocycles. The fourth-order valence-electron chi connectivity index (χ4n) is 4.92. The van der Waals surface area contributed by atoms with Crippen LogP contribution in [0.3, 0.4) is 0 Å². The molecule has 0 amide bonds. The first-order valence-electron chi connectivity index (χ1n) is 12.3. The van der Waals surface area contributed by atoms with Crippen LogP contribution < -0.4 is 4.74 Å². The van der Waals surface area contributed by atoms with Crippen molar-refractivity contribution in [2.24, 2.45) is 0 Å². The number of carboxylic acids is 1. The van der Waals surface area contributed by atoms with Gasteiger partial charge in [-0.2, -0.15) is 0 Å². The zero-order valence-corrected chi connectivity index (χ0v) is 19.8. The Balaban J connectivity index is 1.18. The summed E-state index contributed by atoms with van der Waals surface area (Å²) in [6.45, 7) is 4.40. The molecule has 1 aliphatic rings. The van der Waals surface area contributed by atoms with Gasteiger partial charge in [-0.15, -0.1) is 0 Å². The average molecular weight is 470 g/mol. The number of ether oxygens (including phenoxy) is 1. The molecule has 6 heteroatoms. The molecule has 35 heavy (non-hydrogen) atoms. The molecule has 1 saturated heterocycles. The van der Waals surface area contributed by atoms with Gasteiger partial charge in [-0.1, -0.05) is 54.6 Å². The molecule has 2 heterocycles. The van der Waals surface area contributed by atoms with Crippen molar-refractivity contribution in [1.29, 1.82) is 0 Å². The predicted molar refractivity (Wildman–Crippen MR) is 137 cm³/mol. The number of rotatable bonds is 9. The molecule has 1 aromatic heterocycles. The molecule has 1 N–H and O–H groups in total. The number of hydrogen-bond donors (Lipinski definition) is 1. The summed E-state index contributed by atoms with van der Waals surface area (Å²) in [6, 6.07) is 26.4. The lowest BCUT2D eigenvalue weighted by Gasteiger charge is -2.31. The van der Waals surface area contributed by atoms with Crippen LogP contribution in [0.1, 0.15) is 35.7 Å². The van der Waals surface area contributed by atoms with E-state index in [9.17, 15) is 4.79 Å². The fourth-order valence-corrected chi connectivity index (χ4v) is 4.92. The summed E-state index contributed by atoms with van der Waals surface area (Å²) in [5.74, 6) is 1.61. The number of carboxylic acid groups (broad SMARTS) is 1. The first-order chi connectivity index (χ1) is 17.2. The second-order valence-corrected chi connectivity index (χ2v) is 9.21. The second-order valence-electron chi connectivity index (χ2n) is 9.21. The molecule has 5 rings (SSSR count). The first-order valence-corrected chi connectivity index (χ1v) is 12.3. The molecule has 0 bridgehead atoms. The van der Waals surface area contributed by atoms with Crippen molar-refractivity contribution in [3.05, 3.63) is 95.8 Å². The minimum absolute atomic E-state index is 0.0361. The predicted octanol–water partition coefficient (Wildman–Crippen LogP) is 4.97. The van der Waals surface area contributed by atoms with Crippen molar-refractivity contribution in [3.63, 3.8) is 0 Å². The molecule has 0 aliphatic carbocycles. The summed E-state index contributed by atoms with van der Waals surface area (Å²) in [5, 5.41) is 8.89. The third-order valence-corrected chi connectivity index (χ3v) is 6.78. The smallest absolute Gasteiger partial charge is 0.307 e. The number of fused-ring (bicyclic) bond motifs is 1. The zero-order chi connectivity index (χ0) is 24.0. The monoisotopic (exact) mass is 469 g/mol. The Hall–Kier alpha value is -3.64. The first kappa shape index (κ1) is 23.1. The van der Waals surface area contributed by atoms with Crippen molar-refractivity contribution in [2.75, 3.05) is 26.2 Å². The van der Waals surface area contributed by atoms with Crippen LogP contribution in [0.25, 0.3) is 11.0 Å². The van der Waals surface area contributed by atoms with Crippen molar-refractivity contribution in [1.82, 2.24) is 14.5 Å². The van der Waals surface area contributed by atoms with Gasteiger partial charge in [-0.05, 0) is 61.3 Å². The number of para-hydroxylation sites is 2. The number of nitrogens with zero attached hydrogens (tertiary/aromatic N) is 3. The Morgan fingerprint density at radius 2 is 1.63 bits per heavy atom. The number of piperidine rings is 1. The van der Waals surface area contributed by atoms with Gasteiger partial charge >= 0.3 is 5.97 Å². The number of hydrogen-bond acceptors (Lipinski definition) is 4. The van der Waals surface area contributed by atoms with E-state index in [1.165, 1.54) is 16.9 Å². The molecule has 0 saturated carbocycles. The van der Waals surface area contributed by atoms with Crippen LogP contribution in [0.5, 0.6) is 5.75 Å². The summed E-state index contributed by atoms with van der Waals surface area (Å²) in [4.78, 5) is 18.3. The lowest BCUT2D eigenvalue weighted by atomic mass is 9.95. The Bertz CT molecular complexity index is 1260. The highest BCUT2D eigenvalue weighted by Gasteiger charge is 2.25. The Morgan fingerprint density at radius 1 is 0.914 bits per heavy atom. The molecule has 180 valence electrons. The van der Waals surface area contributed by atoms with E-state index >= 15 is 0 Å². The molecule has 0 atom stereocenters. The maximum atomic E-state index is 10.8. The van der Waals surface area contributed by atoms with Crippen LogP contribution in [-0.4, -0.2) is 51.8 Å². The molecule has 0 spiro atoms. The van der Waals surface area contributed by atoms with Crippen LogP contribution in [0.2, 0.25) is 0 Å². The van der Waals surface area contributed by atoms with Crippen molar-refractivity contribution in [3.8, 4) is 5.75 Å². The standard InChI is InChI=1S/C29H31N3O3/c33-28(34)20-22-10-12-25(13-11-22)35-19-18-31-16-14-24(15-17-31)29-30-26-8-4-5-9-27(26)32(29)21-23-6-2-1-3-7-23/h1-13,24H,14-21H2,(H,33,34). The number of aliphatic carboxylic acids is 1. The minimum atomic E-state index is -0.822. The Kier molecular flexibility index (Phi) is 7.09. The summed E-state index contributed by atoms with van der Waals surface area (Å²) >= 11 is 0. The maximum absolute atomic E-state index is 10.8. The molecular weight excluding hydrogens is 438 g/mol. The highest BCUT2D eigenvalue weighted by molar-refractivity contribution is 5.76. The fraction of sp³-hybridized carbons (Fsp3) is 0.310. The van der Waals surface area contributed by atoms with Gasteiger partial charge in [-0.25, -0.2) is 4.98 Å². The second kappa shape index (κ2) is 10.7. The number of benzene rings is 3. The van der Waals surface area contributed by atoms with Gasteiger partial charge in [-0.3, -0.25) is 9.69 Å². The van der Waals surface area contributed by atoms with E-state index in [0.717, 1.165) is 55.9 Å². The van der Waals surface area contributed by atoms with Gasteiger partial charge in [0.25, 0.3) is 0 Å². The lowest BCUT2D eigenvalue weighted by molar-refractivity contribution is -0.136. The molecule has 0 radical (unpaired) electrons. The maximum Gasteiger partial charge on any atom is 0.307 e. The molecule has 1 aliphatic heterocycles. The normalized spacial score (nSPS) is 14.9. The van der Waals surface area contributed by atoms with E-state index in [1.54, 1.807) is 0 Å². The average Bonchev–Trinajstić information content (AvgIpc) is 3.24. The molecule has 6 nitrogen and oxygen atoms in total. The van der Waals surface area contributed by atoms with Gasteiger partial charge in [0.1, 0.15) is 18.2 Å². The minimum Gasteiger partial charge on any atom is -0.492 e. The third kappa shape index (κ3) is 5.72.